The van der Waals surface area contributed by atoms with E-state index in [-0.39, 0.29) is 6.42 Å². The van der Waals surface area contributed by atoms with Gasteiger partial charge < -0.3 is 20.4 Å². The number of hydrogen-bond acceptors (Lipinski definition) is 4. The van der Waals surface area contributed by atoms with Gasteiger partial charge in [-0.05, 0) is 32.4 Å². The molecule has 0 aliphatic heterocycles. The summed E-state index contributed by atoms with van der Waals surface area (Å²) in [4.78, 5) is 0. The lowest BCUT2D eigenvalue weighted by atomic mass is 9.82. The first-order valence-corrected chi connectivity index (χ1v) is 5.34. The highest BCUT2D eigenvalue weighted by atomic mass is 16.3. The summed E-state index contributed by atoms with van der Waals surface area (Å²) in [5.74, 6) is 0. The van der Waals surface area contributed by atoms with Crippen molar-refractivity contribution < 1.29 is 20.4 Å². The van der Waals surface area contributed by atoms with Gasteiger partial charge in [-0.15, -0.1) is 0 Å². The maximum atomic E-state index is 9.75. The van der Waals surface area contributed by atoms with Crippen LogP contribution in [0, 0.1) is 0 Å². The number of aliphatic hydroxyl groups excluding tert-OH is 2. The first-order chi connectivity index (χ1) is 7.12. The zero-order valence-electron chi connectivity index (χ0n) is 9.88. The summed E-state index contributed by atoms with van der Waals surface area (Å²) in [7, 11) is 0. The van der Waals surface area contributed by atoms with Gasteiger partial charge in [-0.2, -0.15) is 0 Å². The Morgan fingerprint density at radius 1 is 1.44 bits per heavy atom. The van der Waals surface area contributed by atoms with Crippen LogP contribution in [0.15, 0.2) is 23.8 Å². The van der Waals surface area contributed by atoms with Crippen LogP contribution in [0.2, 0.25) is 0 Å². The molecule has 0 spiro atoms. The number of aliphatic hydroxyl groups is 4. The molecule has 0 radical (unpaired) electrons. The van der Waals surface area contributed by atoms with Crippen LogP contribution >= 0.6 is 0 Å². The van der Waals surface area contributed by atoms with E-state index in [2.05, 4.69) is 0 Å². The van der Waals surface area contributed by atoms with Crippen LogP contribution in [0.5, 0.6) is 0 Å². The number of rotatable bonds is 2. The fourth-order valence-corrected chi connectivity index (χ4v) is 1.57. The Labute approximate surface area is 95.5 Å². The standard InChI is InChI=1S/C12H20O4/c1-11(2,15)5-4-8-6-10(14)12(3,16)7-9(8)13/h4-6,9-10,13-16H,7H2,1-3H3/b5-4+. The van der Waals surface area contributed by atoms with Gasteiger partial charge in [-0.1, -0.05) is 12.2 Å². The zero-order valence-corrected chi connectivity index (χ0v) is 9.88. The highest BCUT2D eigenvalue weighted by Gasteiger charge is 2.36. The van der Waals surface area contributed by atoms with Gasteiger partial charge in [0.15, 0.2) is 0 Å². The van der Waals surface area contributed by atoms with Gasteiger partial charge in [0.05, 0.1) is 17.3 Å². The van der Waals surface area contributed by atoms with Gasteiger partial charge in [0.1, 0.15) is 6.10 Å². The van der Waals surface area contributed by atoms with Crippen molar-refractivity contribution in [3.8, 4) is 0 Å². The molecule has 0 aromatic carbocycles. The lowest BCUT2D eigenvalue weighted by Gasteiger charge is -2.34. The smallest absolute Gasteiger partial charge is 0.101 e. The van der Waals surface area contributed by atoms with Crippen LogP contribution in [-0.4, -0.2) is 43.8 Å². The van der Waals surface area contributed by atoms with E-state index in [0.717, 1.165) is 0 Å². The van der Waals surface area contributed by atoms with Gasteiger partial charge in [-0.25, -0.2) is 0 Å². The maximum absolute atomic E-state index is 9.75. The van der Waals surface area contributed by atoms with Crippen molar-refractivity contribution in [1.82, 2.24) is 0 Å². The molecule has 0 heterocycles. The molecule has 0 amide bonds. The van der Waals surface area contributed by atoms with Crippen molar-refractivity contribution in [2.24, 2.45) is 0 Å². The molecule has 4 nitrogen and oxygen atoms in total. The van der Waals surface area contributed by atoms with E-state index >= 15 is 0 Å². The molecule has 0 saturated carbocycles. The molecule has 1 aliphatic carbocycles. The molecule has 0 fully saturated rings. The third kappa shape index (κ3) is 3.42. The van der Waals surface area contributed by atoms with Crippen molar-refractivity contribution in [3.05, 3.63) is 23.8 Å². The molecule has 0 aromatic heterocycles. The van der Waals surface area contributed by atoms with Crippen LogP contribution in [0.1, 0.15) is 27.2 Å². The quantitative estimate of drug-likeness (QED) is 0.541. The van der Waals surface area contributed by atoms with Crippen LogP contribution < -0.4 is 0 Å². The molecule has 4 heteroatoms. The van der Waals surface area contributed by atoms with Gasteiger partial charge in [0.25, 0.3) is 0 Å². The summed E-state index contributed by atoms with van der Waals surface area (Å²) in [5, 5.41) is 38.6. The fraction of sp³-hybridized carbons (Fsp3) is 0.667. The SMILES string of the molecule is CC(C)(O)/C=C/C1=CC(O)C(C)(O)CC1O. The Morgan fingerprint density at radius 2 is 2.00 bits per heavy atom. The second-order valence-corrected chi connectivity index (χ2v) is 5.18. The second-order valence-electron chi connectivity index (χ2n) is 5.18. The summed E-state index contributed by atoms with van der Waals surface area (Å²) in [6.07, 6.45) is 2.78. The molecular formula is C12H20O4. The predicted octanol–water partition coefficient (Wildman–Crippen LogP) is 0.116. The minimum absolute atomic E-state index is 0.0796. The van der Waals surface area contributed by atoms with Gasteiger partial charge in [0, 0.05) is 6.42 Å². The van der Waals surface area contributed by atoms with Crippen LogP contribution in [0.4, 0.5) is 0 Å². The Balaban J connectivity index is 2.87. The highest BCUT2D eigenvalue weighted by molar-refractivity contribution is 5.30. The van der Waals surface area contributed by atoms with E-state index in [4.69, 9.17) is 0 Å². The third-order valence-electron chi connectivity index (χ3n) is 2.66. The van der Waals surface area contributed by atoms with Crippen molar-refractivity contribution in [1.29, 1.82) is 0 Å². The minimum atomic E-state index is -1.30. The van der Waals surface area contributed by atoms with Gasteiger partial charge >= 0.3 is 0 Å². The molecule has 3 unspecified atom stereocenters. The Kier molecular flexibility index (Phi) is 3.59. The summed E-state index contributed by atoms with van der Waals surface area (Å²) in [6.45, 7) is 4.71. The maximum Gasteiger partial charge on any atom is 0.101 e. The van der Waals surface area contributed by atoms with E-state index in [1.54, 1.807) is 19.9 Å². The number of hydrogen-bond donors (Lipinski definition) is 4. The molecule has 16 heavy (non-hydrogen) atoms. The fourth-order valence-electron chi connectivity index (χ4n) is 1.57. The van der Waals surface area contributed by atoms with Crippen molar-refractivity contribution >= 4 is 0 Å². The highest BCUT2D eigenvalue weighted by Crippen LogP contribution is 2.28. The molecular weight excluding hydrogens is 208 g/mol. The lowest BCUT2D eigenvalue weighted by Crippen LogP contribution is -2.45. The zero-order chi connectivity index (χ0) is 12.6. The largest absolute Gasteiger partial charge is 0.388 e. The van der Waals surface area contributed by atoms with E-state index in [0.29, 0.717) is 5.57 Å². The van der Waals surface area contributed by atoms with Crippen LogP contribution in [0.25, 0.3) is 0 Å². The summed E-state index contributed by atoms with van der Waals surface area (Å²) >= 11 is 0. The van der Waals surface area contributed by atoms with Crippen LogP contribution in [0.3, 0.4) is 0 Å². The Bertz CT molecular complexity index is 309. The monoisotopic (exact) mass is 228 g/mol. The summed E-state index contributed by atoms with van der Waals surface area (Å²) in [6, 6.07) is 0. The van der Waals surface area contributed by atoms with Crippen molar-refractivity contribution in [2.75, 3.05) is 0 Å². The molecule has 1 aliphatic rings. The van der Waals surface area contributed by atoms with E-state index < -0.39 is 23.4 Å². The average Bonchev–Trinajstić information content (AvgIpc) is 2.07. The third-order valence-corrected chi connectivity index (χ3v) is 2.66. The second kappa shape index (κ2) is 4.30. The lowest BCUT2D eigenvalue weighted by molar-refractivity contribution is -0.0706. The molecule has 4 N–H and O–H groups in total. The van der Waals surface area contributed by atoms with E-state index in [1.807, 2.05) is 0 Å². The molecule has 92 valence electrons. The molecule has 3 atom stereocenters. The van der Waals surface area contributed by atoms with Crippen molar-refractivity contribution in [2.45, 2.75) is 50.6 Å². The topological polar surface area (TPSA) is 80.9 Å². The van der Waals surface area contributed by atoms with Crippen molar-refractivity contribution in [3.63, 3.8) is 0 Å². The Morgan fingerprint density at radius 3 is 2.50 bits per heavy atom. The molecule has 0 saturated heterocycles. The minimum Gasteiger partial charge on any atom is -0.388 e. The Hall–Kier alpha value is -0.680. The van der Waals surface area contributed by atoms with Crippen LogP contribution in [-0.2, 0) is 0 Å². The van der Waals surface area contributed by atoms with E-state index in [1.165, 1.54) is 19.1 Å². The first-order valence-electron chi connectivity index (χ1n) is 5.34. The first kappa shape index (κ1) is 13.4. The predicted molar refractivity (Wildman–Crippen MR) is 60.8 cm³/mol. The molecule has 0 aromatic rings. The van der Waals surface area contributed by atoms with Gasteiger partial charge in [0.2, 0.25) is 0 Å². The summed E-state index contributed by atoms with van der Waals surface area (Å²) in [5.41, 5.74) is -1.75. The summed E-state index contributed by atoms with van der Waals surface area (Å²) < 4.78 is 0. The van der Waals surface area contributed by atoms with Gasteiger partial charge in [-0.3, -0.25) is 0 Å². The average molecular weight is 228 g/mol. The normalized spacial score (nSPS) is 36.6. The molecule has 1 rings (SSSR count). The molecule has 0 bridgehead atoms. The van der Waals surface area contributed by atoms with E-state index in [9.17, 15) is 20.4 Å².